The Hall–Kier alpha value is -2.04. The van der Waals surface area contributed by atoms with Crippen LogP contribution >= 0.6 is 11.6 Å². The molecule has 2 fully saturated rings. The molecule has 2 saturated heterocycles. The van der Waals surface area contributed by atoms with Gasteiger partial charge in [0, 0.05) is 23.0 Å². The van der Waals surface area contributed by atoms with E-state index in [2.05, 4.69) is 39.8 Å². The molecule has 0 radical (unpaired) electrons. The highest BCUT2D eigenvalue weighted by Crippen LogP contribution is 2.45. The van der Waals surface area contributed by atoms with Gasteiger partial charge in [0.25, 0.3) is 5.91 Å². The first-order chi connectivity index (χ1) is 16.3. The SMILES string of the molecule is CC(C)[C@@H]1C[C@H](c2ccccc2Cl)CO[C@H]1c1cccc(OCC(=O)N2[C@H](C)CCC[C@@H]2C)c1. The van der Waals surface area contributed by atoms with Gasteiger partial charge in [-0.1, -0.05) is 55.8 Å². The van der Waals surface area contributed by atoms with Gasteiger partial charge in [-0.05, 0) is 80.7 Å². The molecule has 2 heterocycles. The van der Waals surface area contributed by atoms with E-state index in [1.165, 1.54) is 12.0 Å². The van der Waals surface area contributed by atoms with Gasteiger partial charge in [0.15, 0.2) is 6.61 Å². The highest BCUT2D eigenvalue weighted by atomic mass is 35.5. The molecule has 2 aliphatic rings. The van der Waals surface area contributed by atoms with Gasteiger partial charge in [0.1, 0.15) is 5.75 Å². The van der Waals surface area contributed by atoms with Crippen molar-refractivity contribution >= 4 is 17.5 Å². The molecule has 5 heteroatoms. The molecule has 2 aromatic rings. The van der Waals surface area contributed by atoms with Gasteiger partial charge in [-0.15, -0.1) is 0 Å². The summed E-state index contributed by atoms with van der Waals surface area (Å²) in [7, 11) is 0. The average Bonchev–Trinajstić information content (AvgIpc) is 2.83. The maximum Gasteiger partial charge on any atom is 0.260 e. The number of nitrogens with zero attached hydrogens (tertiary/aromatic N) is 1. The highest BCUT2D eigenvalue weighted by Gasteiger charge is 2.36. The topological polar surface area (TPSA) is 38.8 Å². The third kappa shape index (κ3) is 5.60. The van der Waals surface area contributed by atoms with Gasteiger partial charge in [-0.3, -0.25) is 4.79 Å². The largest absolute Gasteiger partial charge is 0.484 e. The second-order valence-corrected chi connectivity index (χ2v) is 10.8. The Kier molecular flexibility index (Phi) is 8.21. The van der Waals surface area contributed by atoms with Crippen LogP contribution in [0.1, 0.15) is 76.5 Å². The number of rotatable bonds is 6. The van der Waals surface area contributed by atoms with Crippen molar-refractivity contribution in [3.8, 4) is 5.75 Å². The van der Waals surface area contributed by atoms with E-state index in [0.29, 0.717) is 24.4 Å². The molecule has 5 atom stereocenters. The van der Waals surface area contributed by atoms with Gasteiger partial charge in [0.05, 0.1) is 12.7 Å². The van der Waals surface area contributed by atoms with Crippen molar-refractivity contribution in [2.75, 3.05) is 13.2 Å². The number of carbonyl (C=O) groups excluding carboxylic acids is 1. The fraction of sp³-hybridized carbons (Fsp3) is 0.552. The number of benzene rings is 2. The molecule has 0 aromatic heterocycles. The van der Waals surface area contributed by atoms with Crippen molar-refractivity contribution in [2.45, 2.75) is 77.5 Å². The predicted octanol–water partition coefficient (Wildman–Crippen LogP) is 7.03. The average molecular weight is 484 g/mol. The molecule has 0 bridgehead atoms. The molecule has 4 rings (SSSR count). The minimum absolute atomic E-state index is 0.000119. The molecule has 0 aliphatic carbocycles. The second-order valence-electron chi connectivity index (χ2n) is 10.4. The van der Waals surface area contributed by atoms with Crippen LogP contribution in [0.25, 0.3) is 0 Å². The molecule has 2 aliphatic heterocycles. The lowest BCUT2D eigenvalue weighted by Gasteiger charge is -2.39. The molecule has 1 amide bonds. The molecular weight excluding hydrogens is 446 g/mol. The van der Waals surface area contributed by atoms with Crippen LogP contribution in [0, 0.1) is 11.8 Å². The summed E-state index contributed by atoms with van der Waals surface area (Å²) in [5.41, 5.74) is 2.28. The Balaban J connectivity index is 1.44. The highest BCUT2D eigenvalue weighted by molar-refractivity contribution is 6.31. The van der Waals surface area contributed by atoms with E-state index < -0.39 is 0 Å². The minimum Gasteiger partial charge on any atom is -0.484 e. The Morgan fingerprint density at radius 1 is 1.12 bits per heavy atom. The number of likely N-dealkylation sites (tertiary alicyclic amines) is 1. The van der Waals surface area contributed by atoms with Gasteiger partial charge >= 0.3 is 0 Å². The standard InChI is InChI=1S/C29H38ClNO3/c1-19(2)26-16-23(25-13-5-6-14-27(25)30)17-34-29(26)22-11-8-12-24(15-22)33-18-28(32)31-20(3)9-7-10-21(31)4/h5-6,8,11-15,19-21,23,26,29H,7,9-10,16-18H2,1-4H3/t20-,21+,23-,26-,29-/m0/s1. The molecule has 0 unspecified atom stereocenters. The third-order valence-corrected chi connectivity index (χ3v) is 8.00. The number of halogens is 1. The predicted molar refractivity (Wildman–Crippen MR) is 137 cm³/mol. The number of hydrogen-bond donors (Lipinski definition) is 0. The van der Waals surface area contributed by atoms with E-state index in [0.717, 1.165) is 35.6 Å². The number of carbonyl (C=O) groups is 1. The Morgan fingerprint density at radius 3 is 2.56 bits per heavy atom. The maximum absolute atomic E-state index is 12.9. The summed E-state index contributed by atoms with van der Waals surface area (Å²) in [6.07, 6.45) is 4.35. The van der Waals surface area contributed by atoms with E-state index in [1.807, 2.05) is 41.3 Å². The van der Waals surface area contributed by atoms with Gasteiger partial charge in [0.2, 0.25) is 0 Å². The lowest BCUT2D eigenvalue weighted by molar-refractivity contribution is -0.139. The first-order valence-corrected chi connectivity index (χ1v) is 13.1. The molecule has 4 nitrogen and oxygen atoms in total. The quantitative estimate of drug-likeness (QED) is 0.442. The molecule has 0 spiro atoms. The van der Waals surface area contributed by atoms with Crippen LogP contribution in [-0.2, 0) is 9.53 Å². The fourth-order valence-electron chi connectivity index (χ4n) is 5.77. The zero-order valence-corrected chi connectivity index (χ0v) is 21.6. The zero-order chi connectivity index (χ0) is 24.2. The first kappa shape index (κ1) is 25.1. The van der Waals surface area contributed by atoms with Gasteiger partial charge < -0.3 is 14.4 Å². The van der Waals surface area contributed by atoms with E-state index in [-0.39, 0.29) is 30.7 Å². The fourth-order valence-corrected chi connectivity index (χ4v) is 6.06. The van der Waals surface area contributed by atoms with Crippen LogP contribution in [0.5, 0.6) is 5.75 Å². The van der Waals surface area contributed by atoms with Crippen LogP contribution in [0.4, 0.5) is 0 Å². The Bertz CT molecular complexity index is 967. The molecule has 0 saturated carbocycles. The smallest absolute Gasteiger partial charge is 0.260 e. The van der Waals surface area contributed by atoms with Crippen molar-refractivity contribution in [3.05, 3.63) is 64.7 Å². The van der Waals surface area contributed by atoms with Gasteiger partial charge in [-0.2, -0.15) is 0 Å². The summed E-state index contributed by atoms with van der Waals surface area (Å²) < 4.78 is 12.5. The van der Waals surface area contributed by atoms with Crippen molar-refractivity contribution in [1.29, 1.82) is 0 Å². The van der Waals surface area contributed by atoms with Crippen LogP contribution < -0.4 is 4.74 Å². The second kappa shape index (κ2) is 11.1. The van der Waals surface area contributed by atoms with E-state index >= 15 is 0 Å². The molecule has 184 valence electrons. The van der Waals surface area contributed by atoms with E-state index in [9.17, 15) is 4.79 Å². The van der Waals surface area contributed by atoms with Gasteiger partial charge in [-0.25, -0.2) is 0 Å². The summed E-state index contributed by atoms with van der Waals surface area (Å²) in [6, 6.07) is 16.7. The normalized spacial score (nSPS) is 27.6. The lowest BCUT2D eigenvalue weighted by atomic mass is 9.76. The van der Waals surface area contributed by atoms with Crippen LogP contribution in [-0.4, -0.2) is 36.1 Å². The molecular formula is C29H38ClNO3. The first-order valence-electron chi connectivity index (χ1n) is 12.7. The number of amides is 1. The monoisotopic (exact) mass is 483 g/mol. The van der Waals surface area contributed by atoms with E-state index in [1.54, 1.807) is 0 Å². The van der Waals surface area contributed by atoms with Crippen molar-refractivity contribution in [3.63, 3.8) is 0 Å². The molecule has 34 heavy (non-hydrogen) atoms. The molecule has 0 N–H and O–H groups in total. The van der Waals surface area contributed by atoms with Crippen molar-refractivity contribution in [2.24, 2.45) is 11.8 Å². The lowest BCUT2D eigenvalue weighted by Crippen LogP contribution is -2.49. The zero-order valence-electron chi connectivity index (χ0n) is 20.9. The Labute approximate surface area is 209 Å². The molecule has 2 aromatic carbocycles. The van der Waals surface area contributed by atoms with Crippen LogP contribution in [0.3, 0.4) is 0 Å². The Morgan fingerprint density at radius 2 is 1.85 bits per heavy atom. The maximum atomic E-state index is 12.9. The van der Waals surface area contributed by atoms with Crippen LogP contribution in [0.15, 0.2) is 48.5 Å². The summed E-state index contributed by atoms with van der Waals surface area (Å²) >= 11 is 6.49. The van der Waals surface area contributed by atoms with E-state index in [4.69, 9.17) is 21.1 Å². The number of hydrogen-bond acceptors (Lipinski definition) is 3. The van der Waals surface area contributed by atoms with Crippen LogP contribution in [0.2, 0.25) is 5.02 Å². The summed E-state index contributed by atoms with van der Waals surface area (Å²) in [5.74, 6) is 1.91. The number of piperidine rings is 1. The third-order valence-electron chi connectivity index (χ3n) is 7.65. The number of ether oxygens (including phenoxy) is 2. The summed E-state index contributed by atoms with van der Waals surface area (Å²) in [5, 5.41) is 0.814. The minimum atomic E-state index is 0.000119. The summed E-state index contributed by atoms with van der Waals surface area (Å²) in [6.45, 7) is 9.51. The van der Waals surface area contributed by atoms with Crippen molar-refractivity contribution in [1.82, 2.24) is 4.90 Å². The summed E-state index contributed by atoms with van der Waals surface area (Å²) in [4.78, 5) is 14.9. The van der Waals surface area contributed by atoms with Crippen molar-refractivity contribution < 1.29 is 14.3 Å².